The lowest BCUT2D eigenvalue weighted by Gasteiger charge is -2.24. The first kappa shape index (κ1) is 29.2. The van der Waals surface area contributed by atoms with Gasteiger partial charge in [-0.1, -0.05) is 71.5 Å². The highest BCUT2D eigenvalue weighted by atomic mass is 35.5. The first-order valence-corrected chi connectivity index (χ1v) is 15.0. The van der Waals surface area contributed by atoms with E-state index in [0.717, 1.165) is 10.3 Å². The summed E-state index contributed by atoms with van der Waals surface area (Å²) in [6.07, 6.45) is 0. The van der Waals surface area contributed by atoms with E-state index in [-0.39, 0.29) is 11.3 Å². The molecule has 0 saturated carbocycles. The fourth-order valence-electron chi connectivity index (χ4n) is 5.10. The monoisotopic (exact) mass is 626 g/mol. The maximum atomic E-state index is 13.7. The molecule has 1 aliphatic heterocycles. The third kappa shape index (κ3) is 5.59. The Morgan fingerprint density at radius 3 is 2.55 bits per heavy atom. The normalized spacial score (nSPS) is 16.0. The van der Waals surface area contributed by atoms with Gasteiger partial charge in [0.25, 0.3) is 5.78 Å². The summed E-state index contributed by atoms with van der Waals surface area (Å²) in [7, 11) is 1.52. The number of methoxy groups -OCH3 is 1. The molecule has 44 heavy (non-hydrogen) atoms. The van der Waals surface area contributed by atoms with Gasteiger partial charge in [0.05, 0.1) is 35.5 Å². The Morgan fingerprint density at radius 2 is 1.77 bits per heavy atom. The van der Waals surface area contributed by atoms with Crippen molar-refractivity contribution in [3.8, 4) is 17.2 Å². The molecule has 10 heteroatoms. The molecule has 5 aromatic rings. The molecule has 1 aromatic heterocycles. The molecule has 1 fully saturated rings. The predicted molar refractivity (Wildman–Crippen MR) is 171 cm³/mol. The zero-order chi connectivity index (χ0) is 30.8. The van der Waals surface area contributed by atoms with Crippen molar-refractivity contribution in [1.82, 2.24) is 4.98 Å². The SMILES string of the molecule is CCOc1cccc(C(O)=C2C(=O)C(=O)N(c3nc4ccc(Cl)cc4s3)C2c2ccc(OCc3ccccc3)c(OC)c2)c1. The van der Waals surface area contributed by atoms with Gasteiger partial charge in [0.2, 0.25) is 0 Å². The number of nitrogens with zero attached hydrogens (tertiary/aromatic N) is 2. The van der Waals surface area contributed by atoms with E-state index in [2.05, 4.69) is 4.98 Å². The molecule has 1 unspecified atom stereocenters. The van der Waals surface area contributed by atoms with E-state index in [0.29, 0.717) is 57.3 Å². The minimum Gasteiger partial charge on any atom is -0.507 e. The fraction of sp³-hybridized carbons (Fsp3) is 0.147. The van der Waals surface area contributed by atoms with E-state index in [1.807, 2.05) is 37.3 Å². The Bertz CT molecular complexity index is 1900. The molecule has 8 nitrogen and oxygen atoms in total. The van der Waals surface area contributed by atoms with Gasteiger partial charge in [-0.3, -0.25) is 14.5 Å². The van der Waals surface area contributed by atoms with Crippen LogP contribution in [0.5, 0.6) is 17.2 Å². The van der Waals surface area contributed by atoms with Crippen LogP contribution in [-0.2, 0) is 16.2 Å². The van der Waals surface area contributed by atoms with Gasteiger partial charge in [-0.2, -0.15) is 0 Å². The Hall–Kier alpha value is -4.86. The van der Waals surface area contributed by atoms with Gasteiger partial charge in [0, 0.05) is 10.6 Å². The summed E-state index contributed by atoms with van der Waals surface area (Å²) < 4.78 is 18.1. The quantitative estimate of drug-likeness (QED) is 0.102. The smallest absolute Gasteiger partial charge is 0.301 e. The Morgan fingerprint density at radius 1 is 0.955 bits per heavy atom. The largest absolute Gasteiger partial charge is 0.507 e. The third-order valence-corrected chi connectivity index (χ3v) is 8.40. The van der Waals surface area contributed by atoms with Crippen LogP contribution in [-0.4, -0.2) is 35.5 Å². The summed E-state index contributed by atoms with van der Waals surface area (Å²) >= 11 is 7.44. The van der Waals surface area contributed by atoms with Gasteiger partial charge in [0.15, 0.2) is 16.6 Å². The average Bonchev–Trinajstić information content (AvgIpc) is 3.57. The van der Waals surface area contributed by atoms with Gasteiger partial charge in [-0.05, 0) is 60.5 Å². The first-order valence-electron chi connectivity index (χ1n) is 13.8. The minimum atomic E-state index is -1.01. The van der Waals surface area contributed by atoms with Gasteiger partial charge in [-0.25, -0.2) is 4.98 Å². The van der Waals surface area contributed by atoms with Crippen molar-refractivity contribution >= 4 is 55.7 Å². The topological polar surface area (TPSA) is 98.2 Å². The maximum absolute atomic E-state index is 13.7. The lowest BCUT2D eigenvalue weighted by atomic mass is 9.95. The molecule has 1 atom stereocenters. The number of thiazole rings is 1. The zero-order valence-corrected chi connectivity index (χ0v) is 25.4. The molecule has 222 valence electrons. The number of carbonyl (C=O) groups is 2. The van der Waals surface area contributed by atoms with E-state index in [9.17, 15) is 14.7 Å². The van der Waals surface area contributed by atoms with E-state index in [1.54, 1.807) is 60.7 Å². The van der Waals surface area contributed by atoms with Crippen LogP contribution < -0.4 is 19.1 Å². The molecule has 0 bridgehead atoms. The van der Waals surface area contributed by atoms with Crippen molar-refractivity contribution in [2.75, 3.05) is 18.6 Å². The second-order valence-corrected chi connectivity index (χ2v) is 11.4. The summed E-state index contributed by atoms with van der Waals surface area (Å²) in [4.78, 5) is 33.4. The van der Waals surface area contributed by atoms with Crippen LogP contribution in [0.25, 0.3) is 16.0 Å². The average molecular weight is 627 g/mol. The second kappa shape index (κ2) is 12.4. The molecule has 1 amide bonds. The number of amides is 1. The third-order valence-electron chi connectivity index (χ3n) is 7.15. The van der Waals surface area contributed by atoms with Crippen LogP contribution in [0, 0.1) is 0 Å². The number of hydrogen-bond donors (Lipinski definition) is 1. The molecule has 4 aromatic carbocycles. The van der Waals surface area contributed by atoms with E-state index < -0.39 is 17.7 Å². The molecule has 0 spiro atoms. The minimum absolute atomic E-state index is 0.0825. The van der Waals surface area contributed by atoms with Crippen LogP contribution in [0.4, 0.5) is 5.13 Å². The number of hydrogen-bond acceptors (Lipinski definition) is 8. The predicted octanol–water partition coefficient (Wildman–Crippen LogP) is 7.56. The van der Waals surface area contributed by atoms with Crippen LogP contribution in [0.3, 0.4) is 0 Å². The molecule has 0 radical (unpaired) electrons. The van der Waals surface area contributed by atoms with Crippen LogP contribution in [0.2, 0.25) is 5.02 Å². The summed E-state index contributed by atoms with van der Waals surface area (Å²) in [6, 6.07) is 25.9. The number of fused-ring (bicyclic) bond motifs is 1. The summed E-state index contributed by atoms with van der Waals surface area (Å²) in [6.45, 7) is 2.60. The molecular weight excluding hydrogens is 600 g/mol. The van der Waals surface area contributed by atoms with Gasteiger partial charge in [0.1, 0.15) is 18.1 Å². The van der Waals surface area contributed by atoms with Crippen molar-refractivity contribution < 1.29 is 28.9 Å². The first-order chi connectivity index (χ1) is 21.4. The number of carbonyl (C=O) groups excluding carboxylic acids is 2. The molecule has 1 N–H and O–H groups in total. The number of Topliss-reactive ketones (excluding diaryl/α,β-unsaturated/α-hetero) is 1. The zero-order valence-electron chi connectivity index (χ0n) is 23.8. The van der Waals surface area contributed by atoms with Gasteiger partial charge in [-0.15, -0.1) is 0 Å². The lowest BCUT2D eigenvalue weighted by Crippen LogP contribution is -2.29. The number of rotatable bonds is 9. The Kier molecular flexibility index (Phi) is 8.23. The van der Waals surface area contributed by atoms with E-state index >= 15 is 0 Å². The van der Waals surface area contributed by atoms with Gasteiger partial charge >= 0.3 is 5.91 Å². The lowest BCUT2D eigenvalue weighted by molar-refractivity contribution is -0.132. The molecule has 1 saturated heterocycles. The highest BCUT2D eigenvalue weighted by Crippen LogP contribution is 2.46. The fourth-order valence-corrected chi connectivity index (χ4v) is 6.37. The Labute approximate surface area is 262 Å². The number of aromatic nitrogens is 1. The highest BCUT2D eigenvalue weighted by molar-refractivity contribution is 7.22. The van der Waals surface area contributed by atoms with E-state index in [4.69, 9.17) is 25.8 Å². The van der Waals surface area contributed by atoms with Crippen molar-refractivity contribution in [3.63, 3.8) is 0 Å². The molecule has 6 rings (SSSR count). The van der Waals surface area contributed by atoms with Crippen LogP contribution in [0.1, 0.15) is 29.7 Å². The second-order valence-electron chi connectivity index (χ2n) is 9.92. The summed E-state index contributed by atoms with van der Waals surface area (Å²) in [5.41, 5.74) is 2.39. The molecule has 0 aliphatic carbocycles. The number of benzene rings is 4. The van der Waals surface area contributed by atoms with Crippen LogP contribution in [0.15, 0.2) is 96.6 Å². The van der Waals surface area contributed by atoms with Crippen molar-refractivity contribution in [1.29, 1.82) is 0 Å². The number of aliphatic hydroxyl groups excluding tert-OH is 1. The van der Waals surface area contributed by atoms with Crippen LogP contribution >= 0.6 is 22.9 Å². The van der Waals surface area contributed by atoms with Crippen molar-refractivity contribution in [3.05, 3.63) is 118 Å². The van der Waals surface area contributed by atoms with E-state index in [1.165, 1.54) is 23.3 Å². The Balaban J connectivity index is 1.48. The summed E-state index contributed by atoms with van der Waals surface area (Å²) in [5.74, 6) is -0.576. The number of aliphatic hydroxyl groups is 1. The maximum Gasteiger partial charge on any atom is 0.301 e. The molecular formula is C34H27ClN2O6S. The number of ketones is 1. The molecule has 2 heterocycles. The standard InChI is InChI=1S/C34H27ClN2O6S/c1-3-42-24-11-7-10-22(16-24)31(38)29-30(21-12-15-26(27(17-21)41-2)43-19-20-8-5-4-6-9-20)37(33(40)32(29)39)34-36-25-14-13-23(35)18-28(25)44-34/h4-18,30,38H,3,19H2,1-2H3. The number of anilines is 1. The summed E-state index contributed by atoms with van der Waals surface area (Å²) in [5, 5.41) is 12.4. The number of halogens is 1. The van der Waals surface area contributed by atoms with Crippen molar-refractivity contribution in [2.45, 2.75) is 19.6 Å². The number of ether oxygens (including phenoxy) is 3. The highest BCUT2D eigenvalue weighted by Gasteiger charge is 2.48. The van der Waals surface area contributed by atoms with Gasteiger partial charge < -0.3 is 19.3 Å². The van der Waals surface area contributed by atoms with Crippen molar-refractivity contribution in [2.24, 2.45) is 0 Å². The molecule has 1 aliphatic rings.